The monoisotopic (exact) mass is 258 g/mol. The van der Waals surface area contributed by atoms with E-state index in [1.807, 2.05) is 6.92 Å². The third-order valence-corrected chi connectivity index (χ3v) is 3.21. The number of carboxylic acid groups (broad SMARTS) is 2. The van der Waals surface area contributed by atoms with Gasteiger partial charge in [0.25, 0.3) is 0 Å². The average Bonchev–Trinajstić information content (AvgIpc) is 2.59. The number of hydrogen-bond donors (Lipinski definition) is 2. The topological polar surface area (TPSA) is 90.7 Å². The Hall–Kier alpha value is -1.47. The minimum absolute atomic E-state index is 0.260. The average molecular weight is 258 g/mol. The number of hydrogen-bond acceptors (Lipinski definition) is 5. The van der Waals surface area contributed by atoms with Crippen molar-refractivity contribution in [3.05, 3.63) is 16.1 Å². The van der Waals surface area contributed by atoms with Crippen molar-refractivity contribution in [3.8, 4) is 0 Å². The quantitative estimate of drug-likeness (QED) is 0.738. The predicted octanol–water partition coefficient (Wildman–Crippen LogP) is 0.465. The van der Waals surface area contributed by atoms with Crippen molar-refractivity contribution in [1.29, 1.82) is 0 Å². The number of carbonyl (C=O) groups is 2. The second-order valence-corrected chi connectivity index (χ2v) is 4.55. The van der Waals surface area contributed by atoms with E-state index < -0.39 is 11.9 Å². The molecule has 0 aliphatic carbocycles. The maximum absolute atomic E-state index is 10.6. The van der Waals surface area contributed by atoms with Gasteiger partial charge in [0.2, 0.25) is 0 Å². The Morgan fingerprint density at radius 3 is 2.35 bits per heavy atom. The zero-order chi connectivity index (χ0) is 12.8. The number of aliphatic carboxylic acids is 2. The molecule has 17 heavy (non-hydrogen) atoms. The molecular weight excluding hydrogens is 244 g/mol. The van der Waals surface area contributed by atoms with Gasteiger partial charge in [-0.05, 0) is 13.3 Å². The van der Waals surface area contributed by atoms with E-state index in [1.54, 1.807) is 5.51 Å². The van der Waals surface area contributed by atoms with Crippen LogP contribution in [0.1, 0.15) is 10.6 Å². The molecule has 0 spiro atoms. The van der Waals surface area contributed by atoms with Crippen molar-refractivity contribution in [3.63, 3.8) is 0 Å². The Morgan fingerprint density at radius 1 is 1.35 bits per heavy atom. The van der Waals surface area contributed by atoms with E-state index in [-0.39, 0.29) is 13.1 Å². The Balaban J connectivity index is 2.51. The fourth-order valence-electron chi connectivity index (χ4n) is 1.42. The highest BCUT2D eigenvalue weighted by atomic mass is 32.1. The molecule has 0 aliphatic rings. The van der Waals surface area contributed by atoms with Crippen LogP contribution < -0.4 is 0 Å². The van der Waals surface area contributed by atoms with E-state index in [0.29, 0.717) is 13.0 Å². The first-order valence-electron chi connectivity index (χ1n) is 5.04. The maximum Gasteiger partial charge on any atom is 0.317 e. The highest BCUT2D eigenvalue weighted by Gasteiger charge is 2.14. The zero-order valence-electron chi connectivity index (χ0n) is 9.42. The second kappa shape index (κ2) is 6.31. The first-order chi connectivity index (χ1) is 7.99. The predicted molar refractivity (Wildman–Crippen MR) is 62.3 cm³/mol. The fourth-order valence-corrected chi connectivity index (χ4v) is 2.19. The Morgan fingerprint density at radius 2 is 1.94 bits per heavy atom. The second-order valence-electron chi connectivity index (χ2n) is 3.61. The van der Waals surface area contributed by atoms with Gasteiger partial charge in [0.1, 0.15) is 0 Å². The molecule has 0 saturated heterocycles. The largest absolute Gasteiger partial charge is 0.480 e. The molecule has 0 aliphatic heterocycles. The van der Waals surface area contributed by atoms with Crippen LogP contribution in [0.3, 0.4) is 0 Å². The lowest BCUT2D eigenvalue weighted by Gasteiger charge is -2.17. The van der Waals surface area contributed by atoms with Gasteiger partial charge in [0.15, 0.2) is 0 Å². The van der Waals surface area contributed by atoms with Crippen LogP contribution in [0.2, 0.25) is 0 Å². The number of thiazole rings is 1. The molecule has 7 heteroatoms. The summed E-state index contributed by atoms with van der Waals surface area (Å²) in [6.07, 6.45) is 0.622. The number of aryl methyl sites for hydroxylation is 1. The molecule has 94 valence electrons. The summed E-state index contributed by atoms with van der Waals surface area (Å²) in [5.41, 5.74) is 2.64. The molecule has 6 nitrogen and oxygen atoms in total. The lowest BCUT2D eigenvalue weighted by Crippen LogP contribution is -2.35. The van der Waals surface area contributed by atoms with Gasteiger partial charge in [0.05, 0.1) is 24.3 Å². The van der Waals surface area contributed by atoms with Crippen LogP contribution in [0.5, 0.6) is 0 Å². The molecule has 1 aromatic rings. The summed E-state index contributed by atoms with van der Waals surface area (Å²) in [6, 6.07) is 0. The molecule has 1 rings (SSSR count). The van der Waals surface area contributed by atoms with Gasteiger partial charge in [-0.1, -0.05) is 0 Å². The minimum Gasteiger partial charge on any atom is -0.480 e. The summed E-state index contributed by atoms with van der Waals surface area (Å²) >= 11 is 1.50. The van der Waals surface area contributed by atoms with Gasteiger partial charge >= 0.3 is 11.9 Å². The van der Waals surface area contributed by atoms with Crippen LogP contribution in [-0.2, 0) is 16.0 Å². The van der Waals surface area contributed by atoms with E-state index >= 15 is 0 Å². The number of nitrogens with zero attached hydrogens (tertiary/aromatic N) is 2. The SMILES string of the molecule is Cc1ncsc1CCN(CC(=O)O)CC(=O)O. The molecule has 0 amide bonds. The maximum atomic E-state index is 10.6. The van der Waals surface area contributed by atoms with Crippen molar-refractivity contribution in [2.45, 2.75) is 13.3 Å². The zero-order valence-corrected chi connectivity index (χ0v) is 10.2. The summed E-state index contributed by atoms with van der Waals surface area (Å²) < 4.78 is 0. The number of aromatic nitrogens is 1. The highest BCUT2D eigenvalue weighted by molar-refractivity contribution is 7.09. The molecule has 0 atom stereocenters. The number of rotatable bonds is 7. The molecule has 1 aromatic heterocycles. The molecule has 0 unspecified atom stereocenters. The van der Waals surface area contributed by atoms with Gasteiger partial charge < -0.3 is 10.2 Å². The highest BCUT2D eigenvalue weighted by Crippen LogP contribution is 2.13. The van der Waals surface area contributed by atoms with Crippen molar-refractivity contribution >= 4 is 23.3 Å². The molecule has 0 aromatic carbocycles. The van der Waals surface area contributed by atoms with E-state index in [0.717, 1.165) is 10.6 Å². The lowest BCUT2D eigenvalue weighted by atomic mass is 10.3. The van der Waals surface area contributed by atoms with Crippen LogP contribution in [0.15, 0.2) is 5.51 Å². The Kier molecular flexibility index (Phi) is 5.05. The third-order valence-electron chi connectivity index (χ3n) is 2.22. The summed E-state index contributed by atoms with van der Waals surface area (Å²) in [5.74, 6) is -2.04. The van der Waals surface area contributed by atoms with Crippen LogP contribution in [0, 0.1) is 6.92 Å². The van der Waals surface area contributed by atoms with Crippen LogP contribution in [0.4, 0.5) is 0 Å². The summed E-state index contributed by atoms with van der Waals surface area (Å²) in [7, 11) is 0. The normalized spacial score (nSPS) is 10.7. The lowest BCUT2D eigenvalue weighted by molar-refractivity contribution is -0.141. The van der Waals surface area contributed by atoms with E-state index in [4.69, 9.17) is 10.2 Å². The van der Waals surface area contributed by atoms with Gasteiger partial charge in [-0.15, -0.1) is 11.3 Å². The molecule has 2 N–H and O–H groups in total. The van der Waals surface area contributed by atoms with Crippen molar-refractivity contribution in [2.24, 2.45) is 0 Å². The van der Waals surface area contributed by atoms with Crippen molar-refractivity contribution in [2.75, 3.05) is 19.6 Å². The van der Waals surface area contributed by atoms with Gasteiger partial charge in [-0.25, -0.2) is 4.98 Å². The standard InChI is InChI=1S/C10H14N2O4S/c1-7-8(17-6-11-7)2-3-12(4-9(13)14)5-10(15)16/h6H,2-5H2,1H3,(H,13,14)(H,15,16). The van der Waals surface area contributed by atoms with Gasteiger partial charge in [0, 0.05) is 11.4 Å². The molecule has 0 bridgehead atoms. The van der Waals surface area contributed by atoms with Crippen LogP contribution >= 0.6 is 11.3 Å². The van der Waals surface area contributed by atoms with Gasteiger partial charge in [-0.2, -0.15) is 0 Å². The molecule has 0 radical (unpaired) electrons. The smallest absolute Gasteiger partial charge is 0.317 e. The van der Waals surface area contributed by atoms with Crippen molar-refractivity contribution < 1.29 is 19.8 Å². The molecule has 0 saturated carbocycles. The summed E-state index contributed by atoms with van der Waals surface area (Å²) in [6.45, 7) is 1.76. The summed E-state index contributed by atoms with van der Waals surface area (Å²) in [5, 5.41) is 17.3. The van der Waals surface area contributed by atoms with E-state index in [9.17, 15) is 9.59 Å². The molecule has 0 fully saturated rings. The van der Waals surface area contributed by atoms with Crippen LogP contribution in [0.25, 0.3) is 0 Å². The van der Waals surface area contributed by atoms with E-state index in [2.05, 4.69) is 4.98 Å². The van der Waals surface area contributed by atoms with E-state index in [1.165, 1.54) is 16.2 Å². The first kappa shape index (κ1) is 13.6. The molecular formula is C10H14N2O4S. The van der Waals surface area contributed by atoms with Gasteiger partial charge in [-0.3, -0.25) is 14.5 Å². The Bertz CT molecular complexity index is 389. The first-order valence-corrected chi connectivity index (χ1v) is 5.92. The van der Waals surface area contributed by atoms with Crippen molar-refractivity contribution in [1.82, 2.24) is 9.88 Å². The third kappa shape index (κ3) is 4.92. The Labute approximate surface area is 103 Å². The fraction of sp³-hybridized carbons (Fsp3) is 0.500. The minimum atomic E-state index is -1.02. The molecule has 1 heterocycles. The van der Waals surface area contributed by atoms with Crippen LogP contribution in [-0.4, -0.2) is 51.7 Å². The summed E-state index contributed by atoms with van der Waals surface area (Å²) in [4.78, 5) is 27.7. The number of carboxylic acids is 2.